The van der Waals surface area contributed by atoms with E-state index in [1.54, 1.807) is 0 Å². The van der Waals surface area contributed by atoms with Crippen molar-refractivity contribution in [2.24, 2.45) is 0 Å². The molecule has 0 fully saturated rings. The van der Waals surface area contributed by atoms with Crippen LogP contribution < -0.4 is 0 Å². The minimum atomic E-state index is 0.227. The second kappa shape index (κ2) is 4.43. The number of aliphatic hydroxyl groups is 1. The van der Waals surface area contributed by atoms with Crippen molar-refractivity contribution in [1.29, 1.82) is 0 Å². The molecule has 0 amide bonds. The molecule has 0 radical (unpaired) electrons. The molecule has 0 heterocycles. The fourth-order valence-corrected chi connectivity index (χ4v) is 1.53. The highest BCUT2D eigenvalue weighted by Crippen LogP contribution is 2.18. The van der Waals surface area contributed by atoms with Gasteiger partial charge in [-0.25, -0.2) is 0 Å². The Hall–Kier alpha value is -0.820. The predicted octanol–water partition coefficient (Wildman–Crippen LogP) is 2.65. The Morgan fingerprint density at radius 3 is 2.54 bits per heavy atom. The summed E-state index contributed by atoms with van der Waals surface area (Å²) in [6.45, 7) is 6.56. The molecule has 0 saturated carbocycles. The molecule has 1 rings (SSSR count). The van der Waals surface area contributed by atoms with E-state index < -0.39 is 0 Å². The molecule has 1 heteroatoms. The van der Waals surface area contributed by atoms with Crippen LogP contribution in [0.5, 0.6) is 0 Å². The fourth-order valence-electron chi connectivity index (χ4n) is 1.53. The lowest BCUT2D eigenvalue weighted by Crippen LogP contribution is -2.00. The number of aryl methyl sites for hydroxylation is 2. The summed E-state index contributed by atoms with van der Waals surface area (Å²) >= 11 is 0. The van der Waals surface area contributed by atoms with Gasteiger partial charge in [-0.2, -0.15) is 0 Å². The van der Waals surface area contributed by atoms with Gasteiger partial charge in [-0.1, -0.05) is 32.0 Å². The van der Waals surface area contributed by atoms with E-state index in [2.05, 4.69) is 32.0 Å². The molecule has 72 valence electrons. The van der Waals surface area contributed by atoms with Crippen molar-refractivity contribution in [3.05, 3.63) is 34.9 Å². The zero-order valence-electron chi connectivity index (χ0n) is 8.67. The first-order chi connectivity index (χ1) is 6.19. The van der Waals surface area contributed by atoms with Gasteiger partial charge in [-0.15, -0.1) is 0 Å². The van der Waals surface area contributed by atoms with E-state index in [0.717, 1.165) is 6.42 Å². The van der Waals surface area contributed by atoms with Gasteiger partial charge in [0.15, 0.2) is 0 Å². The molecule has 13 heavy (non-hydrogen) atoms. The van der Waals surface area contributed by atoms with Crippen molar-refractivity contribution >= 4 is 0 Å². The Morgan fingerprint density at radius 1 is 1.38 bits per heavy atom. The van der Waals surface area contributed by atoms with Crippen molar-refractivity contribution in [3.8, 4) is 0 Å². The predicted molar refractivity (Wildman–Crippen MR) is 56.1 cm³/mol. The Bertz CT molecular complexity index is 278. The molecule has 1 N–H and O–H groups in total. The van der Waals surface area contributed by atoms with Gasteiger partial charge >= 0.3 is 0 Å². The van der Waals surface area contributed by atoms with Gasteiger partial charge < -0.3 is 5.11 Å². The van der Waals surface area contributed by atoms with Gasteiger partial charge in [0.1, 0.15) is 0 Å². The van der Waals surface area contributed by atoms with Crippen LogP contribution in [0.3, 0.4) is 0 Å². The zero-order chi connectivity index (χ0) is 9.84. The number of benzene rings is 1. The van der Waals surface area contributed by atoms with Crippen LogP contribution in [0.4, 0.5) is 0 Å². The van der Waals surface area contributed by atoms with E-state index in [1.165, 1.54) is 16.7 Å². The smallest absolute Gasteiger partial charge is 0.0497 e. The SMILES string of the molecule is CCc1ccc(C(C)CO)cc1C. The van der Waals surface area contributed by atoms with Gasteiger partial charge in [0, 0.05) is 12.5 Å². The molecule has 0 saturated heterocycles. The molecule has 0 spiro atoms. The number of aliphatic hydroxyl groups excluding tert-OH is 1. The largest absolute Gasteiger partial charge is 0.396 e. The highest BCUT2D eigenvalue weighted by atomic mass is 16.3. The summed E-state index contributed by atoms with van der Waals surface area (Å²) in [7, 11) is 0. The normalized spacial score (nSPS) is 12.9. The molecule has 0 bridgehead atoms. The van der Waals surface area contributed by atoms with Gasteiger partial charge in [-0.3, -0.25) is 0 Å². The lowest BCUT2D eigenvalue weighted by Gasteiger charge is -2.11. The summed E-state index contributed by atoms with van der Waals surface area (Å²) in [4.78, 5) is 0. The molecule has 1 unspecified atom stereocenters. The third kappa shape index (κ3) is 2.31. The van der Waals surface area contributed by atoms with Crippen molar-refractivity contribution in [3.63, 3.8) is 0 Å². The summed E-state index contributed by atoms with van der Waals surface area (Å²) < 4.78 is 0. The molecule has 1 aromatic rings. The van der Waals surface area contributed by atoms with E-state index in [4.69, 9.17) is 5.11 Å². The second-order valence-electron chi connectivity index (χ2n) is 3.62. The van der Waals surface area contributed by atoms with Crippen LogP contribution in [0.2, 0.25) is 0 Å². The molecule has 0 aliphatic rings. The van der Waals surface area contributed by atoms with E-state index in [-0.39, 0.29) is 12.5 Å². The van der Waals surface area contributed by atoms with Gasteiger partial charge in [0.05, 0.1) is 0 Å². The van der Waals surface area contributed by atoms with Crippen LogP contribution in [0, 0.1) is 6.92 Å². The van der Waals surface area contributed by atoms with Crippen LogP contribution in [0.25, 0.3) is 0 Å². The molecular weight excluding hydrogens is 160 g/mol. The van der Waals surface area contributed by atoms with Crippen molar-refractivity contribution < 1.29 is 5.11 Å². The van der Waals surface area contributed by atoms with Crippen molar-refractivity contribution in [2.45, 2.75) is 33.1 Å². The average Bonchev–Trinajstić information content (AvgIpc) is 2.16. The quantitative estimate of drug-likeness (QED) is 0.754. The lowest BCUT2D eigenvalue weighted by atomic mass is 9.96. The van der Waals surface area contributed by atoms with Crippen LogP contribution in [0.15, 0.2) is 18.2 Å². The topological polar surface area (TPSA) is 20.2 Å². The Labute approximate surface area is 80.4 Å². The molecule has 1 nitrogen and oxygen atoms in total. The Balaban J connectivity index is 2.95. The van der Waals surface area contributed by atoms with E-state index in [1.807, 2.05) is 6.92 Å². The van der Waals surface area contributed by atoms with Crippen molar-refractivity contribution in [1.82, 2.24) is 0 Å². The highest BCUT2D eigenvalue weighted by molar-refractivity contribution is 5.32. The van der Waals surface area contributed by atoms with Gasteiger partial charge in [-0.05, 0) is 30.0 Å². The first kappa shape index (κ1) is 10.3. The molecule has 0 aliphatic heterocycles. The van der Waals surface area contributed by atoms with E-state index in [0.29, 0.717) is 0 Å². The standard InChI is InChI=1S/C12H18O/c1-4-11-5-6-12(7-9(11)2)10(3)8-13/h5-7,10,13H,4,8H2,1-3H3. The summed E-state index contributed by atoms with van der Waals surface area (Å²) in [5, 5.41) is 9.01. The monoisotopic (exact) mass is 178 g/mol. The van der Waals surface area contributed by atoms with Gasteiger partial charge in [0.25, 0.3) is 0 Å². The maximum atomic E-state index is 9.01. The third-order valence-electron chi connectivity index (χ3n) is 2.59. The van der Waals surface area contributed by atoms with Crippen LogP contribution in [0.1, 0.15) is 36.5 Å². The highest BCUT2D eigenvalue weighted by Gasteiger charge is 2.04. The van der Waals surface area contributed by atoms with Crippen LogP contribution in [-0.2, 0) is 6.42 Å². The Kier molecular flexibility index (Phi) is 3.49. The summed E-state index contributed by atoms with van der Waals surface area (Å²) in [5.41, 5.74) is 3.96. The van der Waals surface area contributed by atoms with Gasteiger partial charge in [0.2, 0.25) is 0 Å². The summed E-state index contributed by atoms with van der Waals surface area (Å²) in [6, 6.07) is 6.46. The maximum absolute atomic E-state index is 9.01. The Morgan fingerprint density at radius 2 is 2.08 bits per heavy atom. The lowest BCUT2D eigenvalue weighted by molar-refractivity contribution is 0.273. The molecule has 1 atom stereocenters. The first-order valence-electron chi connectivity index (χ1n) is 4.89. The molecule has 0 aromatic heterocycles. The molecule has 0 aliphatic carbocycles. The van der Waals surface area contributed by atoms with E-state index >= 15 is 0 Å². The number of hydrogen-bond donors (Lipinski definition) is 1. The van der Waals surface area contributed by atoms with Crippen molar-refractivity contribution in [2.75, 3.05) is 6.61 Å². The molecular formula is C12H18O. The van der Waals surface area contributed by atoms with Crippen LogP contribution in [-0.4, -0.2) is 11.7 Å². The summed E-state index contributed by atoms with van der Waals surface area (Å²) in [6.07, 6.45) is 1.08. The average molecular weight is 178 g/mol. The van der Waals surface area contributed by atoms with E-state index in [9.17, 15) is 0 Å². The minimum Gasteiger partial charge on any atom is -0.396 e. The second-order valence-corrected chi connectivity index (χ2v) is 3.62. The third-order valence-corrected chi connectivity index (χ3v) is 2.59. The number of rotatable bonds is 3. The fraction of sp³-hybridized carbons (Fsp3) is 0.500. The molecule has 1 aromatic carbocycles. The first-order valence-corrected chi connectivity index (χ1v) is 4.89. The van der Waals surface area contributed by atoms with Crippen LogP contribution >= 0.6 is 0 Å². The minimum absolute atomic E-state index is 0.227. The summed E-state index contributed by atoms with van der Waals surface area (Å²) in [5.74, 6) is 0.254. The number of hydrogen-bond acceptors (Lipinski definition) is 1. The zero-order valence-corrected chi connectivity index (χ0v) is 8.67. The maximum Gasteiger partial charge on any atom is 0.0497 e.